The summed E-state index contributed by atoms with van der Waals surface area (Å²) in [6, 6.07) is 6.87. The second kappa shape index (κ2) is 6.19. The van der Waals surface area contributed by atoms with Crippen LogP contribution < -0.4 is 5.32 Å². The number of halogens is 1. The molecule has 0 amide bonds. The van der Waals surface area contributed by atoms with Gasteiger partial charge in [0.25, 0.3) is 0 Å². The van der Waals surface area contributed by atoms with Gasteiger partial charge in [0.1, 0.15) is 0 Å². The lowest BCUT2D eigenvalue weighted by molar-refractivity contribution is 0.0697. The number of aryl methyl sites for hydroxylation is 1. The number of carboxylic acids is 1. The number of carboxylic acid groups (broad SMARTS) is 1. The maximum absolute atomic E-state index is 10.7. The number of rotatable bonds is 6. The molecule has 0 fully saturated rings. The lowest BCUT2D eigenvalue weighted by Gasteiger charge is -2.02. The predicted octanol–water partition coefficient (Wildman–Crippen LogP) is 2.16. The third kappa shape index (κ3) is 3.69. The zero-order valence-electron chi connectivity index (χ0n) is 9.97. The molecule has 0 bridgehead atoms. The van der Waals surface area contributed by atoms with Crippen molar-refractivity contribution in [2.24, 2.45) is 0 Å². The van der Waals surface area contributed by atoms with E-state index in [1.165, 1.54) is 0 Å². The molecule has 0 radical (unpaired) electrons. The second-order valence-corrected chi connectivity index (χ2v) is 4.17. The topological polar surface area (TPSA) is 88.2 Å². The SMILES string of the molecule is O=C(O)c1ccc(CNc2nnc(CCCl)o2)cc1. The van der Waals surface area contributed by atoms with Crippen LogP contribution in [0.25, 0.3) is 0 Å². The van der Waals surface area contributed by atoms with E-state index in [0.717, 1.165) is 5.56 Å². The number of benzene rings is 1. The molecule has 1 aromatic heterocycles. The van der Waals surface area contributed by atoms with Gasteiger partial charge in [-0.05, 0) is 17.7 Å². The Bertz CT molecular complexity index is 554. The van der Waals surface area contributed by atoms with Crippen molar-refractivity contribution in [3.8, 4) is 0 Å². The Morgan fingerprint density at radius 2 is 2.05 bits per heavy atom. The van der Waals surface area contributed by atoms with Gasteiger partial charge >= 0.3 is 12.0 Å². The van der Waals surface area contributed by atoms with E-state index in [0.29, 0.717) is 30.8 Å². The van der Waals surface area contributed by atoms with Crippen molar-refractivity contribution in [3.63, 3.8) is 0 Å². The number of alkyl halides is 1. The number of nitrogens with zero attached hydrogens (tertiary/aromatic N) is 2. The molecule has 7 heteroatoms. The number of anilines is 1. The average Bonchev–Trinajstić information content (AvgIpc) is 2.85. The summed E-state index contributed by atoms with van der Waals surface area (Å²) in [7, 11) is 0. The molecule has 2 rings (SSSR count). The maximum Gasteiger partial charge on any atom is 0.335 e. The fourth-order valence-electron chi connectivity index (χ4n) is 1.45. The first-order valence-corrected chi connectivity index (χ1v) is 6.17. The van der Waals surface area contributed by atoms with Gasteiger partial charge in [-0.15, -0.1) is 16.7 Å². The van der Waals surface area contributed by atoms with E-state index in [4.69, 9.17) is 21.1 Å². The Balaban J connectivity index is 1.92. The Morgan fingerprint density at radius 1 is 1.32 bits per heavy atom. The molecular formula is C12H12ClN3O3. The molecule has 2 aromatic rings. The number of nitrogens with one attached hydrogen (secondary N) is 1. The molecule has 2 N–H and O–H groups in total. The normalized spacial score (nSPS) is 10.4. The van der Waals surface area contributed by atoms with E-state index < -0.39 is 5.97 Å². The van der Waals surface area contributed by atoms with Gasteiger partial charge in [-0.1, -0.05) is 17.2 Å². The van der Waals surface area contributed by atoms with Crippen molar-refractivity contribution >= 4 is 23.6 Å². The highest BCUT2D eigenvalue weighted by Crippen LogP contribution is 2.10. The van der Waals surface area contributed by atoms with Gasteiger partial charge in [0.15, 0.2) is 0 Å². The molecular weight excluding hydrogens is 270 g/mol. The monoisotopic (exact) mass is 281 g/mol. The third-order valence-electron chi connectivity index (χ3n) is 2.42. The first-order chi connectivity index (χ1) is 9.19. The minimum atomic E-state index is -0.942. The highest BCUT2D eigenvalue weighted by Gasteiger charge is 2.05. The van der Waals surface area contributed by atoms with Crippen LogP contribution in [0.1, 0.15) is 21.8 Å². The van der Waals surface area contributed by atoms with E-state index >= 15 is 0 Å². The van der Waals surface area contributed by atoms with Crippen LogP contribution in [0.5, 0.6) is 0 Å². The van der Waals surface area contributed by atoms with Crippen LogP contribution in [-0.4, -0.2) is 27.2 Å². The minimum Gasteiger partial charge on any atom is -0.478 e. The highest BCUT2D eigenvalue weighted by molar-refractivity contribution is 6.17. The van der Waals surface area contributed by atoms with Crippen LogP contribution in [0.15, 0.2) is 28.7 Å². The van der Waals surface area contributed by atoms with E-state index in [1.807, 2.05) is 0 Å². The summed E-state index contributed by atoms with van der Waals surface area (Å²) in [6.07, 6.45) is 0.531. The molecule has 0 atom stereocenters. The van der Waals surface area contributed by atoms with Gasteiger partial charge in [0.2, 0.25) is 5.89 Å². The van der Waals surface area contributed by atoms with Crippen molar-refractivity contribution in [1.82, 2.24) is 10.2 Å². The minimum absolute atomic E-state index is 0.255. The smallest absolute Gasteiger partial charge is 0.335 e. The van der Waals surface area contributed by atoms with Gasteiger partial charge in [0, 0.05) is 18.8 Å². The Kier molecular flexibility index (Phi) is 4.35. The van der Waals surface area contributed by atoms with Crippen LogP contribution in [0, 0.1) is 0 Å². The average molecular weight is 282 g/mol. The lowest BCUT2D eigenvalue weighted by Crippen LogP contribution is -2.01. The number of aromatic nitrogens is 2. The van der Waals surface area contributed by atoms with Gasteiger partial charge < -0.3 is 14.8 Å². The molecule has 0 aliphatic heterocycles. The fraction of sp³-hybridized carbons (Fsp3) is 0.250. The number of aromatic carboxylic acids is 1. The highest BCUT2D eigenvalue weighted by atomic mass is 35.5. The molecule has 0 spiro atoms. The Hall–Kier alpha value is -2.08. The summed E-state index contributed by atoms with van der Waals surface area (Å²) in [5.74, 6) is -0.0287. The number of hydrogen-bond acceptors (Lipinski definition) is 5. The number of carbonyl (C=O) groups is 1. The fourth-order valence-corrected chi connectivity index (χ4v) is 1.61. The van der Waals surface area contributed by atoms with E-state index in [2.05, 4.69) is 15.5 Å². The number of hydrogen-bond donors (Lipinski definition) is 2. The predicted molar refractivity (Wildman–Crippen MR) is 69.5 cm³/mol. The summed E-state index contributed by atoms with van der Waals surface area (Å²) < 4.78 is 5.30. The van der Waals surface area contributed by atoms with Crippen LogP contribution in [-0.2, 0) is 13.0 Å². The van der Waals surface area contributed by atoms with Crippen molar-refractivity contribution in [2.45, 2.75) is 13.0 Å². The van der Waals surface area contributed by atoms with Gasteiger partial charge in [-0.3, -0.25) is 0 Å². The van der Waals surface area contributed by atoms with E-state index in [1.54, 1.807) is 24.3 Å². The van der Waals surface area contributed by atoms with E-state index in [9.17, 15) is 4.79 Å². The molecule has 0 saturated carbocycles. The first kappa shape index (κ1) is 13.4. The molecule has 1 heterocycles. The van der Waals surface area contributed by atoms with Crippen LogP contribution in [0.3, 0.4) is 0 Å². The zero-order chi connectivity index (χ0) is 13.7. The van der Waals surface area contributed by atoms with Crippen LogP contribution in [0.2, 0.25) is 0 Å². The molecule has 1 aromatic carbocycles. The summed E-state index contributed by atoms with van der Waals surface area (Å²) in [5.41, 5.74) is 1.17. The Labute approximate surface area is 114 Å². The lowest BCUT2D eigenvalue weighted by atomic mass is 10.1. The van der Waals surface area contributed by atoms with Crippen molar-refractivity contribution in [2.75, 3.05) is 11.2 Å². The molecule has 0 aliphatic carbocycles. The van der Waals surface area contributed by atoms with Crippen molar-refractivity contribution in [1.29, 1.82) is 0 Å². The quantitative estimate of drug-likeness (QED) is 0.789. The molecule has 0 unspecified atom stereocenters. The standard InChI is InChI=1S/C12H12ClN3O3/c13-6-5-10-15-16-12(19-10)14-7-8-1-3-9(4-2-8)11(17)18/h1-4H,5-7H2,(H,14,16)(H,17,18). The van der Waals surface area contributed by atoms with Gasteiger partial charge in [0.05, 0.1) is 5.56 Å². The molecule has 100 valence electrons. The van der Waals surface area contributed by atoms with Crippen LogP contribution >= 0.6 is 11.6 Å². The zero-order valence-corrected chi connectivity index (χ0v) is 10.7. The summed E-state index contributed by atoms with van der Waals surface area (Å²) in [5, 5.41) is 19.4. The Morgan fingerprint density at radius 3 is 2.68 bits per heavy atom. The van der Waals surface area contributed by atoms with Gasteiger partial charge in [-0.2, -0.15) is 0 Å². The molecule has 0 saturated heterocycles. The molecule has 19 heavy (non-hydrogen) atoms. The summed E-state index contributed by atoms with van der Waals surface area (Å²) >= 11 is 5.56. The summed E-state index contributed by atoms with van der Waals surface area (Å²) in [6.45, 7) is 0.475. The summed E-state index contributed by atoms with van der Waals surface area (Å²) in [4.78, 5) is 10.7. The van der Waals surface area contributed by atoms with Crippen molar-refractivity contribution < 1.29 is 14.3 Å². The van der Waals surface area contributed by atoms with Gasteiger partial charge in [-0.25, -0.2) is 4.79 Å². The van der Waals surface area contributed by atoms with Crippen LogP contribution in [0.4, 0.5) is 6.01 Å². The first-order valence-electron chi connectivity index (χ1n) is 5.63. The third-order valence-corrected chi connectivity index (χ3v) is 2.61. The maximum atomic E-state index is 10.7. The molecule has 6 nitrogen and oxygen atoms in total. The largest absolute Gasteiger partial charge is 0.478 e. The van der Waals surface area contributed by atoms with Crippen molar-refractivity contribution in [3.05, 3.63) is 41.3 Å². The van der Waals surface area contributed by atoms with E-state index in [-0.39, 0.29) is 5.56 Å². The molecule has 0 aliphatic rings. The second-order valence-electron chi connectivity index (χ2n) is 3.80.